The zero-order valence-electron chi connectivity index (χ0n) is 8.90. The molecule has 0 heterocycles. The van der Waals surface area contributed by atoms with Crippen LogP contribution in [0.1, 0.15) is 13.8 Å². The molecule has 4 nitrogen and oxygen atoms in total. The quantitative estimate of drug-likeness (QED) is 0.615. The minimum absolute atomic E-state index is 0. The molecule has 82 valence electrons. The van der Waals surface area contributed by atoms with Crippen molar-refractivity contribution >= 4 is 18.4 Å². The van der Waals surface area contributed by atoms with E-state index in [-0.39, 0.29) is 18.5 Å². The van der Waals surface area contributed by atoms with E-state index >= 15 is 0 Å². The lowest BCUT2D eigenvalue weighted by atomic mass is 10.3. The molecule has 1 N–H and O–H groups in total. The van der Waals surface area contributed by atoms with Crippen LogP contribution >= 0.6 is 12.4 Å². The van der Waals surface area contributed by atoms with Crippen LogP contribution in [0.3, 0.4) is 0 Å². The Labute approximate surface area is 86.2 Å². The van der Waals surface area contributed by atoms with Gasteiger partial charge in [0.25, 0.3) is 0 Å². The molecule has 0 aliphatic carbocycles. The van der Waals surface area contributed by atoms with E-state index in [0.717, 1.165) is 18.0 Å². The zero-order valence-corrected chi connectivity index (χ0v) is 9.72. The molecular weight excluding hydrogens is 194 g/mol. The maximum absolute atomic E-state index is 8.89. The number of nitrogens with zero attached hydrogens (tertiary/aromatic N) is 1. The third kappa shape index (κ3) is 50.0. The van der Waals surface area contributed by atoms with Gasteiger partial charge < -0.3 is 19.5 Å². The summed E-state index contributed by atoms with van der Waals surface area (Å²) in [4.78, 5) is 8.89. The van der Waals surface area contributed by atoms with Crippen LogP contribution in [-0.4, -0.2) is 49.4 Å². The van der Waals surface area contributed by atoms with Crippen LogP contribution in [0.4, 0.5) is 0 Å². The van der Waals surface area contributed by atoms with Crippen LogP contribution in [0.15, 0.2) is 0 Å². The van der Waals surface area contributed by atoms with Crippen molar-refractivity contribution in [2.24, 2.45) is 0 Å². The first kappa shape index (κ1) is 18.5. The molecule has 1 atom stereocenters. The number of likely N-dealkylation sites (N-methyl/N-ethyl adjacent to an activating group) is 1. The molecule has 0 aromatic rings. The molecular formula is C8H20ClNO3. The number of aliphatic hydroxyl groups is 1. The Morgan fingerprint density at radius 2 is 1.69 bits per heavy atom. The second-order valence-corrected chi connectivity index (χ2v) is 3.81. The molecule has 0 saturated heterocycles. The normalized spacial score (nSPS) is 11.8. The number of aliphatic carboxylic acids is 1. The third-order valence-corrected chi connectivity index (χ3v) is 0.812. The second-order valence-electron chi connectivity index (χ2n) is 3.81. The molecule has 0 aliphatic heterocycles. The molecule has 0 amide bonds. The van der Waals surface area contributed by atoms with E-state index < -0.39 is 5.97 Å². The van der Waals surface area contributed by atoms with Gasteiger partial charge in [-0.1, -0.05) is 0 Å². The number of rotatable bonds is 2. The van der Waals surface area contributed by atoms with Gasteiger partial charge in [-0.3, -0.25) is 0 Å². The van der Waals surface area contributed by atoms with Crippen molar-refractivity contribution in [2.75, 3.05) is 27.7 Å². The van der Waals surface area contributed by atoms with Crippen LogP contribution < -0.4 is 5.11 Å². The van der Waals surface area contributed by atoms with E-state index in [2.05, 4.69) is 21.1 Å². The van der Waals surface area contributed by atoms with Gasteiger partial charge in [0.15, 0.2) is 0 Å². The summed E-state index contributed by atoms with van der Waals surface area (Å²) in [6.07, 6.45) is -0.185. The Morgan fingerprint density at radius 1 is 1.46 bits per heavy atom. The number of quaternary nitrogens is 1. The first-order valence-electron chi connectivity index (χ1n) is 3.81. The number of carboxylic acids is 1. The number of carbonyl (C=O) groups is 1. The minimum atomic E-state index is -1.08. The molecule has 5 heteroatoms. The van der Waals surface area contributed by atoms with Crippen LogP contribution in [0.5, 0.6) is 0 Å². The molecule has 0 saturated carbocycles. The number of hydrogen-bond acceptors (Lipinski definition) is 3. The molecule has 1 unspecified atom stereocenters. The SMILES string of the molecule is CC(=O)[O-].CC(O)C[N+](C)(C)C.Cl. The van der Waals surface area contributed by atoms with E-state index in [9.17, 15) is 0 Å². The first-order valence-corrected chi connectivity index (χ1v) is 3.81. The summed E-state index contributed by atoms with van der Waals surface area (Å²) < 4.78 is 0.831. The largest absolute Gasteiger partial charge is 0.550 e. The average molecular weight is 214 g/mol. The molecule has 0 radical (unpaired) electrons. The Bertz CT molecular complexity index is 128. The van der Waals surface area contributed by atoms with Crippen LogP contribution in [0.2, 0.25) is 0 Å². The van der Waals surface area contributed by atoms with Gasteiger partial charge in [-0.15, -0.1) is 12.4 Å². The summed E-state index contributed by atoms with van der Waals surface area (Å²) in [6, 6.07) is 0. The molecule has 0 fully saturated rings. The second kappa shape index (κ2) is 8.29. The van der Waals surface area contributed by atoms with Gasteiger partial charge in [0, 0.05) is 5.97 Å². The van der Waals surface area contributed by atoms with E-state index in [0.29, 0.717) is 0 Å². The van der Waals surface area contributed by atoms with Crippen molar-refractivity contribution in [2.45, 2.75) is 20.0 Å². The van der Waals surface area contributed by atoms with Gasteiger partial charge >= 0.3 is 0 Å². The van der Waals surface area contributed by atoms with Crippen molar-refractivity contribution in [1.29, 1.82) is 0 Å². The zero-order chi connectivity index (χ0) is 10.4. The number of halogens is 1. The molecule has 0 aromatic carbocycles. The fourth-order valence-corrected chi connectivity index (χ4v) is 0.793. The van der Waals surface area contributed by atoms with Gasteiger partial charge in [-0.2, -0.15) is 0 Å². The predicted molar refractivity (Wildman–Crippen MR) is 52.5 cm³/mol. The van der Waals surface area contributed by atoms with E-state index in [1.807, 2.05) is 6.92 Å². The van der Waals surface area contributed by atoms with Gasteiger partial charge in [0.1, 0.15) is 12.6 Å². The highest BCUT2D eigenvalue weighted by atomic mass is 35.5. The van der Waals surface area contributed by atoms with Crippen LogP contribution in [0.25, 0.3) is 0 Å². The number of hydrogen-bond donors (Lipinski definition) is 1. The van der Waals surface area contributed by atoms with Gasteiger partial charge in [-0.25, -0.2) is 0 Å². The Hall–Kier alpha value is -0.320. The Balaban J connectivity index is -0.000000173. The highest BCUT2D eigenvalue weighted by molar-refractivity contribution is 5.85. The fraction of sp³-hybridized carbons (Fsp3) is 0.875. The summed E-state index contributed by atoms with van der Waals surface area (Å²) in [5.41, 5.74) is 0. The van der Waals surface area contributed by atoms with Crippen molar-refractivity contribution in [3.8, 4) is 0 Å². The van der Waals surface area contributed by atoms with Gasteiger partial charge in [0.05, 0.1) is 21.1 Å². The minimum Gasteiger partial charge on any atom is -0.550 e. The van der Waals surface area contributed by atoms with Crippen molar-refractivity contribution in [3.05, 3.63) is 0 Å². The lowest BCUT2D eigenvalue weighted by molar-refractivity contribution is -0.873. The number of aliphatic hydroxyl groups excluding tert-OH is 1. The maximum atomic E-state index is 8.89. The van der Waals surface area contributed by atoms with Gasteiger partial charge in [0.2, 0.25) is 0 Å². The lowest BCUT2D eigenvalue weighted by Crippen LogP contribution is -2.40. The van der Waals surface area contributed by atoms with Crippen molar-refractivity contribution in [3.63, 3.8) is 0 Å². The van der Waals surface area contributed by atoms with Crippen LogP contribution in [0, 0.1) is 0 Å². The summed E-state index contributed by atoms with van der Waals surface area (Å²) in [6.45, 7) is 3.60. The van der Waals surface area contributed by atoms with Crippen molar-refractivity contribution in [1.82, 2.24) is 0 Å². The molecule has 0 aliphatic rings. The third-order valence-electron chi connectivity index (χ3n) is 0.812. The molecule has 0 bridgehead atoms. The fourth-order valence-electron chi connectivity index (χ4n) is 0.793. The molecule has 0 rings (SSSR count). The van der Waals surface area contributed by atoms with Gasteiger partial charge in [-0.05, 0) is 13.8 Å². The summed E-state index contributed by atoms with van der Waals surface area (Å²) in [5.74, 6) is -1.08. The number of carbonyl (C=O) groups excluding carboxylic acids is 1. The highest BCUT2D eigenvalue weighted by Gasteiger charge is 2.09. The maximum Gasteiger partial charge on any atom is 0.104 e. The summed E-state index contributed by atoms with van der Waals surface area (Å²) in [5, 5.41) is 17.8. The Morgan fingerprint density at radius 3 is 1.69 bits per heavy atom. The summed E-state index contributed by atoms with van der Waals surface area (Å²) in [7, 11) is 6.19. The molecule has 13 heavy (non-hydrogen) atoms. The standard InChI is InChI=1S/C6H16NO.C2H4O2.ClH/c1-6(8)5-7(2,3)4;1-2(3)4;/h6,8H,5H2,1-4H3;1H3,(H,3,4);1H/q+1;;/p-1. The highest BCUT2D eigenvalue weighted by Crippen LogP contribution is 1.92. The summed E-state index contributed by atoms with van der Waals surface area (Å²) >= 11 is 0. The molecule has 0 spiro atoms. The average Bonchev–Trinajstić information content (AvgIpc) is 1.52. The van der Waals surface area contributed by atoms with E-state index in [4.69, 9.17) is 15.0 Å². The monoisotopic (exact) mass is 213 g/mol. The predicted octanol–water partition coefficient (Wildman–Crippen LogP) is -0.749. The van der Waals surface area contributed by atoms with Crippen molar-refractivity contribution < 1.29 is 19.5 Å². The lowest BCUT2D eigenvalue weighted by Gasteiger charge is -2.24. The number of carboxylic acid groups (broad SMARTS) is 1. The molecule has 0 aromatic heterocycles. The van der Waals surface area contributed by atoms with E-state index in [1.165, 1.54) is 0 Å². The topological polar surface area (TPSA) is 60.4 Å². The van der Waals surface area contributed by atoms with Crippen LogP contribution in [-0.2, 0) is 4.79 Å². The smallest absolute Gasteiger partial charge is 0.104 e. The van der Waals surface area contributed by atoms with E-state index in [1.54, 1.807) is 0 Å². The Kier molecular flexibility index (Phi) is 11.8. The first-order chi connectivity index (χ1) is 5.15.